The summed E-state index contributed by atoms with van der Waals surface area (Å²) < 4.78 is 5.85. The van der Waals surface area contributed by atoms with Crippen molar-refractivity contribution in [2.45, 2.75) is 27.7 Å². The van der Waals surface area contributed by atoms with Crippen LogP contribution in [0, 0.1) is 16.2 Å². The first-order valence-electron chi connectivity index (χ1n) is 6.57. The van der Waals surface area contributed by atoms with Gasteiger partial charge in [-0.1, -0.05) is 38.2 Å². The highest BCUT2D eigenvalue weighted by Crippen LogP contribution is 2.75. The molecule has 1 fully saturated rings. The van der Waals surface area contributed by atoms with E-state index in [0.717, 1.165) is 5.76 Å². The summed E-state index contributed by atoms with van der Waals surface area (Å²) in [6, 6.07) is 0. The first-order chi connectivity index (χ1) is 8.36. The first kappa shape index (κ1) is 10.4. The van der Waals surface area contributed by atoms with Gasteiger partial charge in [0.2, 0.25) is 0 Å². The summed E-state index contributed by atoms with van der Waals surface area (Å²) in [5, 5.41) is 0. The quantitative estimate of drug-likeness (QED) is 0.612. The maximum Gasteiger partial charge on any atom is 0.112 e. The smallest absolute Gasteiger partial charge is 0.112 e. The predicted octanol–water partition coefficient (Wildman–Crippen LogP) is 4.27. The number of allylic oxidation sites excluding steroid dienone is 7. The fourth-order valence-electron chi connectivity index (χ4n) is 4.43. The highest BCUT2D eigenvalue weighted by molar-refractivity contribution is 5.71. The highest BCUT2D eigenvalue weighted by atomic mass is 16.5. The van der Waals surface area contributed by atoms with Crippen LogP contribution in [-0.4, -0.2) is 0 Å². The Hall–Kier alpha value is -1.50. The minimum atomic E-state index is -0.0983. The minimum Gasteiger partial charge on any atom is -0.468 e. The van der Waals surface area contributed by atoms with Crippen molar-refractivity contribution >= 4 is 0 Å². The second kappa shape index (κ2) is 2.45. The third kappa shape index (κ3) is 0.677. The van der Waals surface area contributed by atoms with Gasteiger partial charge in [-0.25, -0.2) is 0 Å². The lowest BCUT2D eigenvalue weighted by Crippen LogP contribution is -2.53. The summed E-state index contributed by atoms with van der Waals surface area (Å²) in [4.78, 5) is 0. The summed E-state index contributed by atoms with van der Waals surface area (Å²) in [5.74, 6) is 1.11. The molecule has 0 radical (unpaired) electrons. The van der Waals surface area contributed by atoms with Gasteiger partial charge >= 0.3 is 0 Å². The third-order valence-electron chi connectivity index (χ3n) is 5.95. The molecule has 5 aliphatic rings. The van der Waals surface area contributed by atoms with Crippen molar-refractivity contribution in [2.24, 2.45) is 16.2 Å². The van der Waals surface area contributed by atoms with E-state index in [0.29, 0.717) is 0 Å². The minimum absolute atomic E-state index is 0.0455. The van der Waals surface area contributed by atoms with E-state index >= 15 is 0 Å². The first-order valence-corrected chi connectivity index (χ1v) is 6.57. The van der Waals surface area contributed by atoms with E-state index in [4.69, 9.17) is 4.74 Å². The van der Waals surface area contributed by atoms with Crippen molar-refractivity contribution in [2.75, 3.05) is 0 Å². The molecule has 0 saturated heterocycles. The van der Waals surface area contributed by atoms with Gasteiger partial charge in [0.15, 0.2) is 0 Å². The molecule has 1 heterocycles. The molecule has 5 rings (SSSR count). The number of hydrogen-bond donors (Lipinski definition) is 0. The Labute approximate surface area is 108 Å². The van der Waals surface area contributed by atoms with Crippen LogP contribution < -0.4 is 0 Å². The largest absolute Gasteiger partial charge is 0.468 e. The lowest BCUT2D eigenvalue weighted by atomic mass is 9.42. The Morgan fingerprint density at radius 2 is 1.89 bits per heavy atom. The van der Waals surface area contributed by atoms with Crippen LogP contribution >= 0.6 is 0 Å². The standard InChI is InChI=1S/C17H18O/c1-10-6-7-13-15(3,4)16(5)12-9-18-14(16)8-17(10,13)11(12)2/h6-9H,2H2,1,3-5H3. The Kier molecular flexibility index (Phi) is 1.42. The van der Waals surface area contributed by atoms with Gasteiger partial charge in [0.1, 0.15) is 5.76 Å². The average Bonchev–Trinajstić information content (AvgIpc) is 2.75. The zero-order valence-electron chi connectivity index (χ0n) is 11.4. The van der Waals surface area contributed by atoms with Gasteiger partial charge in [-0.2, -0.15) is 0 Å². The average molecular weight is 238 g/mol. The SMILES string of the molecule is C=C1C2=COC3=CC14C(C)=CC=C4C(C)(C)C32C. The van der Waals surface area contributed by atoms with Gasteiger partial charge in [0.05, 0.1) is 17.1 Å². The molecule has 1 heteroatoms. The van der Waals surface area contributed by atoms with Crippen LogP contribution in [-0.2, 0) is 4.74 Å². The van der Waals surface area contributed by atoms with Crippen molar-refractivity contribution in [1.29, 1.82) is 0 Å². The molecule has 0 N–H and O–H groups in total. The molecule has 1 saturated carbocycles. The summed E-state index contributed by atoms with van der Waals surface area (Å²) in [5.41, 5.74) is 5.28. The second-order valence-electron chi connectivity index (χ2n) is 6.62. The van der Waals surface area contributed by atoms with Crippen LogP contribution in [0.4, 0.5) is 0 Å². The molecule has 92 valence electrons. The van der Waals surface area contributed by atoms with E-state index in [9.17, 15) is 0 Å². The molecular weight excluding hydrogens is 220 g/mol. The molecule has 4 bridgehead atoms. The molecule has 4 aliphatic carbocycles. The van der Waals surface area contributed by atoms with E-state index in [1.54, 1.807) is 0 Å². The molecule has 0 aromatic carbocycles. The molecular formula is C17H18O. The Bertz CT molecular complexity index is 639. The molecule has 0 amide bonds. The van der Waals surface area contributed by atoms with Gasteiger partial charge in [0, 0.05) is 11.0 Å². The Morgan fingerprint density at radius 1 is 1.17 bits per heavy atom. The Morgan fingerprint density at radius 3 is 2.61 bits per heavy atom. The fourth-order valence-corrected chi connectivity index (χ4v) is 4.43. The monoisotopic (exact) mass is 238 g/mol. The van der Waals surface area contributed by atoms with Crippen LogP contribution in [0.3, 0.4) is 0 Å². The maximum atomic E-state index is 5.85. The molecule has 1 nitrogen and oxygen atoms in total. The van der Waals surface area contributed by atoms with E-state index in [2.05, 4.69) is 52.5 Å². The molecule has 2 unspecified atom stereocenters. The second-order valence-corrected chi connectivity index (χ2v) is 6.62. The summed E-state index contributed by atoms with van der Waals surface area (Å²) >= 11 is 0. The molecule has 18 heavy (non-hydrogen) atoms. The van der Waals surface area contributed by atoms with Crippen molar-refractivity contribution in [3.05, 3.63) is 59.1 Å². The lowest BCUT2D eigenvalue weighted by Gasteiger charge is -2.59. The third-order valence-corrected chi connectivity index (χ3v) is 5.95. The van der Waals surface area contributed by atoms with E-state index in [1.165, 1.54) is 22.3 Å². The number of rotatable bonds is 0. The molecule has 1 aliphatic heterocycles. The van der Waals surface area contributed by atoms with E-state index in [1.807, 2.05) is 6.26 Å². The zero-order chi connectivity index (χ0) is 12.9. The van der Waals surface area contributed by atoms with Gasteiger partial charge in [-0.3, -0.25) is 0 Å². The molecule has 2 atom stereocenters. The van der Waals surface area contributed by atoms with Crippen LogP contribution in [0.15, 0.2) is 59.1 Å². The van der Waals surface area contributed by atoms with Crippen molar-refractivity contribution < 1.29 is 4.74 Å². The summed E-state index contributed by atoms with van der Waals surface area (Å²) in [7, 11) is 0. The number of ether oxygens (including phenoxy) is 1. The molecule has 0 aromatic rings. The maximum absolute atomic E-state index is 5.85. The van der Waals surface area contributed by atoms with Crippen molar-refractivity contribution in [3.8, 4) is 0 Å². The van der Waals surface area contributed by atoms with Crippen molar-refractivity contribution in [3.63, 3.8) is 0 Å². The zero-order valence-corrected chi connectivity index (χ0v) is 11.4. The fraction of sp³-hybridized carbons (Fsp3) is 0.412. The van der Waals surface area contributed by atoms with Crippen molar-refractivity contribution in [1.82, 2.24) is 0 Å². The summed E-state index contributed by atoms with van der Waals surface area (Å²) in [6.07, 6.45) is 8.77. The molecule has 0 aromatic heterocycles. The normalized spacial score (nSPS) is 41.9. The van der Waals surface area contributed by atoms with Gasteiger partial charge in [-0.15, -0.1) is 0 Å². The summed E-state index contributed by atoms with van der Waals surface area (Å²) in [6.45, 7) is 13.6. The lowest BCUT2D eigenvalue weighted by molar-refractivity contribution is 0.120. The van der Waals surface area contributed by atoms with E-state index < -0.39 is 0 Å². The highest BCUT2D eigenvalue weighted by Gasteiger charge is 2.68. The van der Waals surface area contributed by atoms with Gasteiger partial charge in [0.25, 0.3) is 0 Å². The van der Waals surface area contributed by atoms with Crippen LogP contribution in [0.5, 0.6) is 0 Å². The van der Waals surface area contributed by atoms with Crippen LogP contribution in [0.25, 0.3) is 0 Å². The number of hydrogen-bond acceptors (Lipinski definition) is 1. The van der Waals surface area contributed by atoms with Gasteiger partial charge in [-0.05, 0) is 31.1 Å². The topological polar surface area (TPSA) is 9.23 Å². The predicted molar refractivity (Wildman–Crippen MR) is 72.6 cm³/mol. The Balaban J connectivity index is 2.18. The van der Waals surface area contributed by atoms with Gasteiger partial charge < -0.3 is 4.74 Å². The van der Waals surface area contributed by atoms with Crippen LogP contribution in [0.2, 0.25) is 0 Å². The van der Waals surface area contributed by atoms with Crippen LogP contribution in [0.1, 0.15) is 27.7 Å². The van der Waals surface area contributed by atoms with E-state index in [-0.39, 0.29) is 16.2 Å². The molecule has 1 spiro atoms.